The number of aliphatic hydroxyl groups is 1. The van der Waals surface area contributed by atoms with Gasteiger partial charge in [-0.05, 0) is 18.4 Å². The molecule has 6 heteroatoms. The van der Waals surface area contributed by atoms with E-state index in [-0.39, 0.29) is 5.89 Å². The molecule has 0 aliphatic heterocycles. The molecule has 0 unspecified atom stereocenters. The summed E-state index contributed by atoms with van der Waals surface area (Å²) in [6.07, 6.45) is 0.936. The van der Waals surface area contributed by atoms with Gasteiger partial charge < -0.3 is 15.4 Å². The van der Waals surface area contributed by atoms with Gasteiger partial charge in [-0.25, -0.2) is 0 Å². The van der Waals surface area contributed by atoms with E-state index in [9.17, 15) is 5.11 Å². The van der Waals surface area contributed by atoms with Crippen LogP contribution in [-0.2, 0) is 0 Å². The standard InChI is InChI=1S/C14H14N4O2/c1-8(19)11(15)14-17-13(18-20-14)12-10-5-3-2-4-9(10)6-7-16-12/h2-8,11,19H,15H2,1H3/t8-,11+/m1/s1. The van der Waals surface area contributed by atoms with Gasteiger partial charge in [0.05, 0.1) is 6.10 Å². The fourth-order valence-electron chi connectivity index (χ4n) is 1.97. The average molecular weight is 270 g/mol. The monoisotopic (exact) mass is 270 g/mol. The lowest BCUT2D eigenvalue weighted by atomic mass is 10.1. The molecule has 0 saturated heterocycles. The van der Waals surface area contributed by atoms with E-state index in [4.69, 9.17) is 10.3 Å². The molecule has 0 amide bonds. The average Bonchev–Trinajstić information content (AvgIpc) is 2.95. The van der Waals surface area contributed by atoms with Crippen LogP contribution in [0.15, 0.2) is 41.1 Å². The lowest BCUT2D eigenvalue weighted by molar-refractivity contribution is 0.146. The first-order valence-electron chi connectivity index (χ1n) is 6.28. The molecule has 20 heavy (non-hydrogen) atoms. The van der Waals surface area contributed by atoms with Gasteiger partial charge >= 0.3 is 0 Å². The Kier molecular flexibility index (Phi) is 3.17. The number of pyridine rings is 1. The van der Waals surface area contributed by atoms with Crippen LogP contribution in [-0.4, -0.2) is 26.3 Å². The highest BCUT2D eigenvalue weighted by Gasteiger charge is 2.21. The second kappa shape index (κ2) is 4.99. The van der Waals surface area contributed by atoms with Crippen molar-refractivity contribution in [2.24, 2.45) is 5.73 Å². The molecule has 3 N–H and O–H groups in total. The molecule has 102 valence electrons. The van der Waals surface area contributed by atoms with Crippen molar-refractivity contribution in [2.75, 3.05) is 0 Å². The molecule has 0 aliphatic carbocycles. The fourth-order valence-corrected chi connectivity index (χ4v) is 1.97. The maximum Gasteiger partial charge on any atom is 0.246 e. The lowest BCUT2D eigenvalue weighted by Crippen LogP contribution is -2.23. The molecule has 0 aliphatic rings. The normalized spacial score (nSPS) is 14.3. The molecule has 3 aromatic rings. The molecule has 3 rings (SSSR count). The second-order valence-corrected chi connectivity index (χ2v) is 4.60. The molecule has 0 spiro atoms. The Morgan fingerprint density at radius 3 is 2.85 bits per heavy atom. The highest BCUT2D eigenvalue weighted by molar-refractivity contribution is 5.92. The first-order valence-corrected chi connectivity index (χ1v) is 6.28. The van der Waals surface area contributed by atoms with E-state index < -0.39 is 12.1 Å². The summed E-state index contributed by atoms with van der Waals surface area (Å²) >= 11 is 0. The van der Waals surface area contributed by atoms with Gasteiger partial charge in [-0.2, -0.15) is 4.98 Å². The third-order valence-electron chi connectivity index (χ3n) is 3.13. The van der Waals surface area contributed by atoms with E-state index in [0.717, 1.165) is 10.8 Å². The summed E-state index contributed by atoms with van der Waals surface area (Å²) in [6.45, 7) is 1.57. The van der Waals surface area contributed by atoms with Crippen LogP contribution in [0.4, 0.5) is 0 Å². The molecule has 6 nitrogen and oxygen atoms in total. The molecule has 0 radical (unpaired) electrons. The summed E-state index contributed by atoms with van der Waals surface area (Å²) in [5.74, 6) is 0.567. The van der Waals surface area contributed by atoms with Crippen LogP contribution in [0.5, 0.6) is 0 Å². The highest BCUT2D eigenvalue weighted by Crippen LogP contribution is 2.25. The van der Waals surface area contributed by atoms with Gasteiger partial charge in [0.1, 0.15) is 11.7 Å². The fraction of sp³-hybridized carbons (Fsp3) is 0.214. The second-order valence-electron chi connectivity index (χ2n) is 4.60. The van der Waals surface area contributed by atoms with Crippen LogP contribution < -0.4 is 5.73 Å². The van der Waals surface area contributed by atoms with Crippen molar-refractivity contribution in [1.29, 1.82) is 0 Å². The van der Waals surface area contributed by atoms with Gasteiger partial charge in [0.15, 0.2) is 0 Å². The van der Waals surface area contributed by atoms with Crippen LogP contribution in [0.1, 0.15) is 18.9 Å². The predicted octanol–water partition coefficient (Wildman–Crippen LogP) is 1.67. The van der Waals surface area contributed by atoms with Crippen molar-refractivity contribution in [1.82, 2.24) is 15.1 Å². The molecule has 2 heterocycles. The van der Waals surface area contributed by atoms with Crippen molar-refractivity contribution in [3.8, 4) is 11.5 Å². The van der Waals surface area contributed by atoms with E-state index in [1.165, 1.54) is 0 Å². The number of fused-ring (bicyclic) bond motifs is 1. The number of benzene rings is 1. The Bertz CT molecular complexity index is 733. The summed E-state index contributed by atoms with van der Waals surface area (Å²) in [5.41, 5.74) is 6.41. The van der Waals surface area contributed by atoms with Crippen molar-refractivity contribution in [3.05, 3.63) is 42.4 Å². The number of rotatable bonds is 3. The van der Waals surface area contributed by atoms with Gasteiger partial charge in [-0.3, -0.25) is 4.98 Å². The summed E-state index contributed by atoms with van der Waals surface area (Å²) in [5, 5.41) is 15.3. The van der Waals surface area contributed by atoms with E-state index in [1.54, 1.807) is 13.1 Å². The van der Waals surface area contributed by atoms with Crippen LogP contribution in [0.25, 0.3) is 22.3 Å². The minimum Gasteiger partial charge on any atom is -0.391 e. The highest BCUT2D eigenvalue weighted by atomic mass is 16.5. The predicted molar refractivity (Wildman–Crippen MR) is 73.6 cm³/mol. The zero-order chi connectivity index (χ0) is 14.1. The van der Waals surface area contributed by atoms with Crippen molar-refractivity contribution in [3.63, 3.8) is 0 Å². The first kappa shape index (κ1) is 12.7. The third-order valence-corrected chi connectivity index (χ3v) is 3.13. The van der Waals surface area contributed by atoms with Crippen molar-refractivity contribution >= 4 is 10.8 Å². The zero-order valence-corrected chi connectivity index (χ0v) is 10.9. The smallest absolute Gasteiger partial charge is 0.246 e. The molecular weight excluding hydrogens is 256 g/mol. The summed E-state index contributed by atoms with van der Waals surface area (Å²) in [6, 6.07) is 9.03. The van der Waals surface area contributed by atoms with Crippen LogP contribution >= 0.6 is 0 Å². The summed E-state index contributed by atoms with van der Waals surface area (Å²) in [4.78, 5) is 8.53. The molecule has 2 aromatic heterocycles. The Hall–Kier alpha value is -2.31. The molecule has 0 fully saturated rings. The van der Waals surface area contributed by atoms with Crippen molar-refractivity contribution in [2.45, 2.75) is 19.1 Å². The molecule has 2 atom stereocenters. The van der Waals surface area contributed by atoms with E-state index >= 15 is 0 Å². The van der Waals surface area contributed by atoms with E-state index in [0.29, 0.717) is 11.5 Å². The summed E-state index contributed by atoms with van der Waals surface area (Å²) < 4.78 is 5.10. The molecule has 1 aromatic carbocycles. The topological polar surface area (TPSA) is 98.1 Å². The largest absolute Gasteiger partial charge is 0.391 e. The quantitative estimate of drug-likeness (QED) is 0.751. The number of nitrogens with two attached hydrogens (primary N) is 1. The molecule has 0 saturated carbocycles. The Morgan fingerprint density at radius 2 is 2.05 bits per heavy atom. The minimum absolute atomic E-state index is 0.199. The number of hydrogen-bond donors (Lipinski definition) is 2. The van der Waals surface area contributed by atoms with Gasteiger partial charge in [0.2, 0.25) is 11.7 Å². The van der Waals surface area contributed by atoms with Crippen LogP contribution in [0.2, 0.25) is 0 Å². The number of nitrogens with zero attached hydrogens (tertiary/aromatic N) is 3. The Morgan fingerprint density at radius 1 is 1.25 bits per heavy atom. The van der Waals surface area contributed by atoms with Gasteiger partial charge in [-0.1, -0.05) is 29.4 Å². The number of hydrogen-bond acceptors (Lipinski definition) is 6. The maximum atomic E-state index is 9.46. The lowest BCUT2D eigenvalue weighted by Gasteiger charge is -2.08. The third kappa shape index (κ3) is 2.15. The van der Waals surface area contributed by atoms with E-state index in [2.05, 4.69) is 15.1 Å². The van der Waals surface area contributed by atoms with Gasteiger partial charge in [-0.15, -0.1) is 0 Å². The minimum atomic E-state index is -0.760. The Labute approximate surface area is 115 Å². The maximum absolute atomic E-state index is 9.46. The first-order chi connectivity index (χ1) is 9.66. The zero-order valence-electron chi connectivity index (χ0n) is 10.9. The van der Waals surface area contributed by atoms with Crippen LogP contribution in [0.3, 0.4) is 0 Å². The molecular formula is C14H14N4O2. The van der Waals surface area contributed by atoms with Gasteiger partial charge in [0, 0.05) is 11.6 Å². The van der Waals surface area contributed by atoms with E-state index in [1.807, 2.05) is 30.3 Å². The number of aliphatic hydroxyl groups excluding tert-OH is 1. The van der Waals surface area contributed by atoms with Gasteiger partial charge in [0.25, 0.3) is 0 Å². The molecule has 0 bridgehead atoms. The van der Waals surface area contributed by atoms with Crippen LogP contribution in [0, 0.1) is 0 Å². The Balaban J connectivity index is 2.08. The summed E-state index contributed by atoms with van der Waals surface area (Å²) in [7, 11) is 0. The van der Waals surface area contributed by atoms with Crippen molar-refractivity contribution < 1.29 is 9.63 Å². The number of aromatic nitrogens is 3. The SMILES string of the molecule is C[C@@H](O)[C@H](N)c1nc(-c2nccc3ccccc23)no1.